The number of halogens is 1. The smallest absolute Gasteiger partial charge is 0.279 e. The van der Waals surface area contributed by atoms with Crippen molar-refractivity contribution in [2.75, 3.05) is 19.0 Å². The molecular weight excluding hydrogens is 354 g/mol. The minimum absolute atomic E-state index is 0.272. The van der Waals surface area contributed by atoms with E-state index in [1.54, 1.807) is 18.2 Å². The van der Waals surface area contributed by atoms with Crippen LogP contribution in [-0.2, 0) is 6.54 Å². The van der Waals surface area contributed by atoms with E-state index < -0.39 is 0 Å². The van der Waals surface area contributed by atoms with Crippen molar-refractivity contribution in [2.45, 2.75) is 6.54 Å². The second kappa shape index (κ2) is 7.25. The molecule has 1 amide bonds. The molecule has 0 atom stereocenters. The third-order valence-corrected chi connectivity index (χ3v) is 5.14. The van der Waals surface area contributed by atoms with E-state index in [-0.39, 0.29) is 5.91 Å². The molecule has 0 fully saturated rings. The lowest BCUT2D eigenvalue weighted by atomic mass is 10.2. The van der Waals surface area contributed by atoms with Crippen molar-refractivity contribution < 1.29 is 4.79 Å². The Morgan fingerprint density at radius 1 is 1.28 bits per heavy atom. The maximum Gasteiger partial charge on any atom is 0.279 e. The van der Waals surface area contributed by atoms with E-state index in [2.05, 4.69) is 11.6 Å². The molecule has 0 aliphatic rings. The van der Waals surface area contributed by atoms with Gasteiger partial charge in [-0.15, -0.1) is 6.58 Å². The molecule has 0 saturated heterocycles. The summed E-state index contributed by atoms with van der Waals surface area (Å²) in [5, 5.41) is 0.639. The lowest BCUT2D eigenvalue weighted by molar-refractivity contribution is 0.0998. The third kappa shape index (κ3) is 3.52. The molecule has 1 aromatic heterocycles. The summed E-state index contributed by atoms with van der Waals surface area (Å²) in [5.41, 5.74) is 2.47. The van der Waals surface area contributed by atoms with E-state index in [4.69, 9.17) is 11.6 Å². The number of aromatic nitrogens is 1. The number of hydrogen-bond donors (Lipinski definition) is 0. The zero-order valence-electron chi connectivity index (χ0n) is 14.1. The number of benzene rings is 2. The highest BCUT2D eigenvalue weighted by molar-refractivity contribution is 7.16. The molecule has 2 aromatic carbocycles. The fourth-order valence-corrected chi connectivity index (χ4v) is 3.92. The molecule has 0 aliphatic heterocycles. The molecule has 6 heteroatoms. The maximum atomic E-state index is 12.6. The standard InChI is InChI=1S/C19H18ClN3OS/c1-4-12-23-17-15(20)6-5-7-16(17)25-19(23)21-18(24)13-8-10-14(11-9-13)22(2)3/h4-11H,1,12H2,2-3H3. The molecule has 0 radical (unpaired) electrons. The van der Waals surface area contributed by atoms with Gasteiger partial charge in [-0.1, -0.05) is 35.1 Å². The second-order valence-electron chi connectivity index (χ2n) is 5.73. The number of carbonyl (C=O) groups is 1. The number of para-hydroxylation sites is 1. The van der Waals surface area contributed by atoms with Gasteiger partial charge in [0.15, 0.2) is 4.80 Å². The number of allylic oxidation sites excluding steroid dienone is 1. The van der Waals surface area contributed by atoms with Crippen LogP contribution >= 0.6 is 22.9 Å². The van der Waals surface area contributed by atoms with E-state index >= 15 is 0 Å². The van der Waals surface area contributed by atoms with Gasteiger partial charge < -0.3 is 9.47 Å². The number of thiazole rings is 1. The highest BCUT2D eigenvalue weighted by atomic mass is 35.5. The molecule has 0 saturated carbocycles. The molecule has 0 N–H and O–H groups in total. The molecular formula is C19H18ClN3OS. The number of fused-ring (bicyclic) bond motifs is 1. The first-order chi connectivity index (χ1) is 12.0. The molecule has 3 rings (SSSR count). The van der Waals surface area contributed by atoms with Crippen LogP contribution < -0.4 is 9.70 Å². The third-order valence-electron chi connectivity index (χ3n) is 3.79. The molecule has 0 spiro atoms. The van der Waals surface area contributed by atoms with Gasteiger partial charge in [0, 0.05) is 31.9 Å². The van der Waals surface area contributed by atoms with E-state index in [1.807, 2.05) is 53.9 Å². The molecule has 25 heavy (non-hydrogen) atoms. The maximum absolute atomic E-state index is 12.6. The van der Waals surface area contributed by atoms with E-state index in [0.717, 1.165) is 15.9 Å². The summed E-state index contributed by atoms with van der Waals surface area (Å²) in [5.74, 6) is -0.272. The minimum atomic E-state index is -0.272. The Bertz CT molecular complexity index is 1000. The summed E-state index contributed by atoms with van der Waals surface area (Å²) in [7, 11) is 3.92. The molecule has 0 unspecified atom stereocenters. The van der Waals surface area contributed by atoms with Gasteiger partial charge in [-0.2, -0.15) is 4.99 Å². The van der Waals surface area contributed by atoms with Crippen LogP contribution in [0.4, 0.5) is 5.69 Å². The van der Waals surface area contributed by atoms with Crippen LogP contribution in [0.5, 0.6) is 0 Å². The van der Waals surface area contributed by atoms with Gasteiger partial charge in [-0.05, 0) is 36.4 Å². The first kappa shape index (κ1) is 17.5. The molecule has 1 heterocycles. The molecule has 4 nitrogen and oxygen atoms in total. The zero-order chi connectivity index (χ0) is 18.0. The summed E-state index contributed by atoms with van der Waals surface area (Å²) in [6.45, 7) is 4.32. The number of anilines is 1. The van der Waals surface area contributed by atoms with Crippen molar-refractivity contribution in [1.29, 1.82) is 0 Å². The van der Waals surface area contributed by atoms with Crippen LogP contribution in [0.3, 0.4) is 0 Å². The van der Waals surface area contributed by atoms with Crippen LogP contribution in [0, 0.1) is 0 Å². The number of amides is 1. The van der Waals surface area contributed by atoms with Gasteiger partial charge in [0.05, 0.1) is 15.2 Å². The highest BCUT2D eigenvalue weighted by Crippen LogP contribution is 2.25. The summed E-state index contributed by atoms with van der Waals surface area (Å²) < 4.78 is 2.91. The average Bonchev–Trinajstić information content (AvgIpc) is 2.94. The predicted octanol–water partition coefficient (Wildman–Crippen LogP) is 4.35. The van der Waals surface area contributed by atoms with Crippen LogP contribution in [0.25, 0.3) is 10.2 Å². The van der Waals surface area contributed by atoms with Crippen LogP contribution in [0.15, 0.2) is 60.1 Å². The quantitative estimate of drug-likeness (QED) is 0.639. The van der Waals surface area contributed by atoms with Gasteiger partial charge in [0.2, 0.25) is 0 Å². The van der Waals surface area contributed by atoms with Crippen LogP contribution in [0.2, 0.25) is 5.02 Å². The van der Waals surface area contributed by atoms with Gasteiger partial charge >= 0.3 is 0 Å². The van der Waals surface area contributed by atoms with Crippen molar-refractivity contribution in [1.82, 2.24) is 4.57 Å². The number of carbonyl (C=O) groups excluding carboxylic acids is 1. The summed E-state index contributed by atoms with van der Waals surface area (Å²) in [6, 6.07) is 13.1. The predicted molar refractivity (Wildman–Crippen MR) is 106 cm³/mol. The summed E-state index contributed by atoms with van der Waals surface area (Å²) >= 11 is 7.78. The number of nitrogens with zero attached hydrogens (tertiary/aromatic N) is 3. The van der Waals surface area contributed by atoms with Crippen molar-refractivity contribution in [3.63, 3.8) is 0 Å². The Kier molecular flexibility index (Phi) is 5.06. The van der Waals surface area contributed by atoms with E-state index in [9.17, 15) is 4.79 Å². The Morgan fingerprint density at radius 2 is 2.00 bits per heavy atom. The van der Waals surface area contributed by atoms with Gasteiger partial charge in [-0.25, -0.2) is 0 Å². The Hall–Kier alpha value is -2.37. The summed E-state index contributed by atoms with van der Waals surface area (Å²) in [4.78, 5) is 19.5. The normalized spacial score (nSPS) is 11.7. The van der Waals surface area contributed by atoms with Gasteiger partial charge in [0.25, 0.3) is 5.91 Å². The molecule has 128 valence electrons. The first-order valence-corrected chi connectivity index (χ1v) is 8.96. The van der Waals surface area contributed by atoms with Crippen molar-refractivity contribution >= 4 is 44.7 Å². The molecule has 0 bridgehead atoms. The largest absolute Gasteiger partial charge is 0.378 e. The fourth-order valence-electron chi connectivity index (χ4n) is 2.52. The minimum Gasteiger partial charge on any atom is -0.378 e. The van der Waals surface area contributed by atoms with E-state index in [0.29, 0.717) is 21.9 Å². The summed E-state index contributed by atoms with van der Waals surface area (Å²) in [6.07, 6.45) is 1.77. The first-order valence-electron chi connectivity index (χ1n) is 7.76. The van der Waals surface area contributed by atoms with Crippen molar-refractivity contribution in [3.05, 3.63) is 70.5 Å². The van der Waals surface area contributed by atoms with Gasteiger partial charge in [-0.3, -0.25) is 4.79 Å². The SMILES string of the molecule is C=CCn1c(=NC(=O)c2ccc(N(C)C)cc2)sc2cccc(Cl)c21. The van der Waals surface area contributed by atoms with Gasteiger partial charge in [0.1, 0.15) is 0 Å². The topological polar surface area (TPSA) is 37.6 Å². The Labute approximate surface area is 155 Å². The van der Waals surface area contributed by atoms with Crippen molar-refractivity contribution in [3.8, 4) is 0 Å². The van der Waals surface area contributed by atoms with Crippen LogP contribution in [-0.4, -0.2) is 24.6 Å². The number of hydrogen-bond acceptors (Lipinski definition) is 3. The number of rotatable bonds is 4. The average molecular weight is 372 g/mol. The lowest BCUT2D eigenvalue weighted by Crippen LogP contribution is -2.16. The fraction of sp³-hybridized carbons (Fsp3) is 0.158. The monoisotopic (exact) mass is 371 g/mol. The Morgan fingerprint density at radius 3 is 2.64 bits per heavy atom. The van der Waals surface area contributed by atoms with Crippen molar-refractivity contribution in [2.24, 2.45) is 4.99 Å². The Balaban J connectivity index is 2.08. The van der Waals surface area contributed by atoms with E-state index in [1.165, 1.54) is 11.3 Å². The zero-order valence-corrected chi connectivity index (χ0v) is 15.6. The second-order valence-corrected chi connectivity index (χ2v) is 7.15. The highest BCUT2D eigenvalue weighted by Gasteiger charge is 2.11. The molecule has 0 aliphatic carbocycles. The molecule has 3 aromatic rings. The lowest BCUT2D eigenvalue weighted by Gasteiger charge is -2.11. The van der Waals surface area contributed by atoms with Crippen LogP contribution in [0.1, 0.15) is 10.4 Å².